The number of rotatable bonds is 6. The summed E-state index contributed by atoms with van der Waals surface area (Å²) in [7, 11) is 2.87. The highest BCUT2D eigenvalue weighted by molar-refractivity contribution is 6.32. The van der Waals surface area contributed by atoms with Crippen LogP contribution < -0.4 is 14.8 Å². The van der Waals surface area contributed by atoms with Gasteiger partial charge in [-0.25, -0.2) is 4.79 Å². The van der Waals surface area contributed by atoms with E-state index in [1.807, 2.05) is 0 Å². The van der Waals surface area contributed by atoms with E-state index in [1.165, 1.54) is 33.3 Å². The number of carbonyl (C=O) groups excluding carboxylic acids is 2. The Morgan fingerprint density at radius 3 is 2.48 bits per heavy atom. The van der Waals surface area contributed by atoms with Crippen LogP contribution in [-0.4, -0.2) is 38.7 Å². The monoisotopic (exact) mass is 315 g/mol. The number of ether oxygens (including phenoxy) is 3. The molecule has 0 aliphatic carbocycles. The predicted molar refractivity (Wildman–Crippen MR) is 78.1 cm³/mol. The van der Waals surface area contributed by atoms with Crippen LogP contribution >= 0.6 is 11.6 Å². The molecule has 0 aliphatic heterocycles. The zero-order chi connectivity index (χ0) is 16.0. The van der Waals surface area contributed by atoms with Gasteiger partial charge in [-0.3, -0.25) is 4.79 Å². The minimum Gasteiger partial charge on any atom is -0.493 e. The second-order valence-corrected chi connectivity index (χ2v) is 4.54. The Kier molecular flexibility index (Phi) is 6.30. The van der Waals surface area contributed by atoms with E-state index in [0.29, 0.717) is 18.0 Å². The Morgan fingerprint density at radius 1 is 1.29 bits per heavy atom. The Bertz CT molecular complexity index is 532. The van der Waals surface area contributed by atoms with Gasteiger partial charge in [0, 0.05) is 6.54 Å². The van der Waals surface area contributed by atoms with E-state index >= 15 is 0 Å². The Hall–Kier alpha value is -1.95. The number of esters is 1. The molecular weight excluding hydrogens is 298 g/mol. The van der Waals surface area contributed by atoms with Crippen molar-refractivity contribution in [2.45, 2.75) is 20.0 Å². The standard InChI is InChI=1S/C14H18ClNO5/c1-5-16-13(17)8(2)21-14(18)9-6-10(15)12(20-4)11(7-9)19-3/h6-8H,5H2,1-4H3,(H,16,17)/t8-/m1/s1. The second kappa shape index (κ2) is 7.73. The lowest BCUT2D eigenvalue weighted by Gasteiger charge is -2.14. The number of amides is 1. The van der Waals surface area contributed by atoms with Crippen molar-refractivity contribution in [1.29, 1.82) is 0 Å². The van der Waals surface area contributed by atoms with Crippen LogP contribution in [-0.2, 0) is 9.53 Å². The second-order valence-electron chi connectivity index (χ2n) is 4.14. The van der Waals surface area contributed by atoms with Crippen LogP contribution in [0.25, 0.3) is 0 Å². The van der Waals surface area contributed by atoms with Gasteiger partial charge in [0.2, 0.25) is 0 Å². The molecule has 0 aliphatic rings. The normalized spacial score (nSPS) is 11.5. The number of hydrogen-bond donors (Lipinski definition) is 1. The third kappa shape index (κ3) is 4.26. The third-order valence-electron chi connectivity index (χ3n) is 2.67. The first-order valence-electron chi connectivity index (χ1n) is 6.34. The van der Waals surface area contributed by atoms with Crippen LogP contribution in [0.2, 0.25) is 5.02 Å². The van der Waals surface area contributed by atoms with Crippen LogP contribution in [0.1, 0.15) is 24.2 Å². The van der Waals surface area contributed by atoms with Gasteiger partial charge in [-0.15, -0.1) is 0 Å². The van der Waals surface area contributed by atoms with E-state index in [9.17, 15) is 9.59 Å². The van der Waals surface area contributed by atoms with E-state index in [2.05, 4.69) is 5.32 Å². The zero-order valence-corrected chi connectivity index (χ0v) is 13.1. The molecule has 0 radical (unpaired) electrons. The summed E-state index contributed by atoms with van der Waals surface area (Å²) in [6.45, 7) is 3.73. The molecule has 0 saturated heterocycles. The summed E-state index contributed by atoms with van der Waals surface area (Å²) >= 11 is 6.01. The van der Waals surface area contributed by atoms with Gasteiger partial charge in [0.1, 0.15) is 0 Å². The van der Waals surface area contributed by atoms with E-state index in [1.54, 1.807) is 6.92 Å². The molecule has 21 heavy (non-hydrogen) atoms. The minimum absolute atomic E-state index is 0.175. The van der Waals surface area contributed by atoms with E-state index in [0.717, 1.165) is 0 Å². The molecule has 0 heterocycles. The number of hydrogen-bond acceptors (Lipinski definition) is 5. The summed E-state index contributed by atoms with van der Waals surface area (Å²) in [6.07, 6.45) is -0.899. The number of halogens is 1. The molecular formula is C14H18ClNO5. The number of nitrogens with one attached hydrogen (secondary N) is 1. The van der Waals surface area contributed by atoms with Crippen molar-refractivity contribution in [1.82, 2.24) is 5.32 Å². The van der Waals surface area contributed by atoms with Crippen molar-refractivity contribution in [3.8, 4) is 11.5 Å². The number of carbonyl (C=O) groups is 2. The van der Waals surface area contributed by atoms with E-state index in [-0.39, 0.29) is 16.5 Å². The summed E-state index contributed by atoms with van der Waals surface area (Å²) in [6, 6.07) is 2.84. The molecule has 1 amide bonds. The number of likely N-dealkylation sites (N-methyl/N-ethyl adjacent to an activating group) is 1. The molecule has 1 aromatic rings. The summed E-state index contributed by atoms with van der Waals surface area (Å²) < 4.78 is 15.3. The lowest BCUT2D eigenvalue weighted by atomic mass is 10.2. The van der Waals surface area contributed by atoms with Crippen LogP contribution in [0.3, 0.4) is 0 Å². The first-order valence-corrected chi connectivity index (χ1v) is 6.72. The van der Waals surface area contributed by atoms with E-state index < -0.39 is 12.1 Å². The first kappa shape index (κ1) is 17.1. The minimum atomic E-state index is -0.899. The van der Waals surface area contributed by atoms with Crippen molar-refractivity contribution in [2.75, 3.05) is 20.8 Å². The molecule has 0 saturated carbocycles. The SMILES string of the molecule is CCNC(=O)[C@@H](C)OC(=O)c1cc(Cl)c(OC)c(OC)c1. The number of benzene rings is 1. The van der Waals surface area contributed by atoms with Crippen molar-refractivity contribution in [2.24, 2.45) is 0 Å². The quantitative estimate of drug-likeness (QED) is 0.813. The summed E-state index contributed by atoms with van der Waals surface area (Å²) in [5, 5.41) is 2.78. The third-order valence-corrected chi connectivity index (χ3v) is 2.95. The highest BCUT2D eigenvalue weighted by Gasteiger charge is 2.21. The zero-order valence-electron chi connectivity index (χ0n) is 12.4. The van der Waals surface area contributed by atoms with Gasteiger partial charge in [-0.2, -0.15) is 0 Å². The van der Waals surface area contributed by atoms with Gasteiger partial charge in [0.15, 0.2) is 17.6 Å². The van der Waals surface area contributed by atoms with Gasteiger partial charge in [0.05, 0.1) is 24.8 Å². The Labute approximate surface area is 128 Å². The average molecular weight is 316 g/mol. The molecule has 1 atom stereocenters. The highest BCUT2D eigenvalue weighted by Crippen LogP contribution is 2.36. The molecule has 0 bridgehead atoms. The fourth-order valence-corrected chi connectivity index (χ4v) is 1.92. The van der Waals surface area contributed by atoms with Crippen molar-refractivity contribution in [3.63, 3.8) is 0 Å². The molecule has 0 aromatic heterocycles. The average Bonchev–Trinajstić information content (AvgIpc) is 2.46. The largest absolute Gasteiger partial charge is 0.493 e. The summed E-state index contributed by atoms with van der Waals surface area (Å²) in [4.78, 5) is 23.6. The first-order chi connectivity index (χ1) is 9.94. The molecule has 1 N–H and O–H groups in total. The van der Waals surface area contributed by atoms with Crippen LogP contribution in [0, 0.1) is 0 Å². The molecule has 0 unspecified atom stereocenters. The fourth-order valence-electron chi connectivity index (χ4n) is 1.64. The van der Waals surface area contributed by atoms with Crippen molar-refractivity contribution >= 4 is 23.5 Å². The fraction of sp³-hybridized carbons (Fsp3) is 0.429. The molecule has 116 valence electrons. The topological polar surface area (TPSA) is 73.9 Å². The summed E-state index contributed by atoms with van der Waals surface area (Å²) in [5.41, 5.74) is 0.175. The Balaban J connectivity index is 2.93. The molecule has 1 rings (SSSR count). The smallest absolute Gasteiger partial charge is 0.339 e. The van der Waals surface area contributed by atoms with Gasteiger partial charge < -0.3 is 19.5 Å². The highest BCUT2D eigenvalue weighted by atomic mass is 35.5. The van der Waals surface area contributed by atoms with Gasteiger partial charge >= 0.3 is 5.97 Å². The maximum absolute atomic E-state index is 12.0. The molecule has 6 nitrogen and oxygen atoms in total. The maximum Gasteiger partial charge on any atom is 0.339 e. The molecule has 0 spiro atoms. The van der Waals surface area contributed by atoms with Crippen molar-refractivity contribution in [3.05, 3.63) is 22.7 Å². The van der Waals surface area contributed by atoms with Crippen molar-refractivity contribution < 1.29 is 23.8 Å². The number of methoxy groups -OCH3 is 2. The Morgan fingerprint density at radius 2 is 1.95 bits per heavy atom. The molecule has 1 aromatic carbocycles. The summed E-state index contributed by atoms with van der Waals surface area (Å²) in [5.74, 6) is -0.399. The molecule has 7 heteroatoms. The predicted octanol–water partition coefficient (Wildman–Crippen LogP) is 2.04. The van der Waals surface area contributed by atoms with Gasteiger partial charge in [-0.05, 0) is 26.0 Å². The lowest BCUT2D eigenvalue weighted by molar-refractivity contribution is -0.128. The van der Waals surface area contributed by atoms with Crippen LogP contribution in [0.15, 0.2) is 12.1 Å². The van der Waals surface area contributed by atoms with Gasteiger partial charge in [-0.1, -0.05) is 11.6 Å². The van der Waals surface area contributed by atoms with Crippen LogP contribution in [0.5, 0.6) is 11.5 Å². The van der Waals surface area contributed by atoms with Crippen LogP contribution in [0.4, 0.5) is 0 Å². The maximum atomic E-state index is 12.0. The lowest BCUT2D eigenvalue weighted by Crippen LogP contribution is -2.35. The van der Waals surface area contributed by atoms with E-state index in [4.69, 9.17) is 25.8 Å². The molecule has 0 fully saturated rings. The van der Waals surface area contributed by atoms with Gasteiger partial charge in [0.25, 0.3) is 5.91 Å².